The minimum Gasteiger partial charge on any atom is -0.309 e. The van der Waals surface area contributed by atoms with Crippen molar-refractivity contribution in [2.45, 2.75) is 42.5 Å². The van der Waals surface area contributed by atoms with Gasteiger partial charge in [-0.2, -0.15) is 16.1 Å². The van der Waals surface area contributed by atoms with E-state index in [2.05, 4.69) is 16.4 Å². The molecule has 0 radical (unpaired) electrons. The number of thioether (sulfide) groups is 1. The number of benzene rings is 1. The van der Waals surface area contributed by atoms with E-state index in [1.165, 1.54) is 5.56 Å². The molecule has 2 fully saturated rings. The summed E-state index contributed by atoms with van der Waals surface area (Å²) in [4.78, 5) is 4.52. The number of pyridine rings is 1. The molecule has 0 amide bonds. The van der Waals surface area contributed by atoms with Gasteiger partial charge in [0.15, 0.2) is 0 Å². The highest BCUT2D eigenvalue weighted by Gasteiger charge is 2.53. The first kappa shape index (κ1) is 20.2. The third kappa shape index (κ3) is 3.83. The van der Waals surface area contributed by atoms with Gasteiger partial charge in [0, 0.05) is 53.6 Å². The van der Waals surface area contributed by atoms with Gasteiger partial charge >= 0.3 is 0 Å². The van der Waals surface area contributed by atoms with Gasteiger partial charge in [0.25, 0.3) is 0 Å². The predicted molar refractivity (Wildman–Crippen MR) is 114 cm³/mol. The maximum atomic E-state index is 13.1. The molecule has 0 saturated carbocycles. The van der Waals surface area contributed by atoms with E-state index in [4.69, 9.17) is 11.6 Å². The van der Waals surface area contributed by atoms with Gasteiger partial charge in [0.2, 0.25) is 10.0 Å². The highest BCUT2D eigenvalue weighted by molar-refractivity contribution is 8.01. The largest absolute Gasteiger partial charge is 0.309 e. The molecule has 28 heavy (non-hydrogen) atoms. The van der Waals surface area contributed by atoms with E-state index in [0.717, 1.165) is 24.3 Å². The van der Waals surface area contributed by atoms with Crippen molar-refractivity contribution in [3.63, 3.8) is 0 Å². The molecule has 4 rings (SSSR count). The Bertz CT molecular complexity index is 976. The average molecular weight is 438 g/mol. The molecule has 150 valence electrons. The topological polar surface area (TPSA) is 62.3 Å². The molecule has 1 atom stereocenters. The molecular weight excluding hydrogens is 414 g/mol. The van der Waals surface area contributed by atoms with Crippen LogP contribution in [0.5, 0.6) is 0 Å². The number of aromatic nitrogens is 1. The number of nitrogens with one attached hydrogen (secondary N) is 1. The van der Waals surface area contributed by atoms with Crippen molar-refractivity contribution in [2.75, 3.05) is 18.8 Å². The first-order chi connectivity index (χ1) is 13.3. The summed E-state index contributed by atoms with van der Waals surface area (Å²) < 4.78 is 27.8. The van der Waals surface area contributed by atoms with E-state index in [0.29, 0.717) is 34.6 Å². The molecule has 2 aliphatic rings. The quantitative estimate of drug-likeness (QED) is 0.776. The number of nitrogens with zero attached hydrogens (tertiary/aromatic N) is 2. The summed E-state index contributed by atoms with van der Waals surface area (Å²) in [6.07, 6.45) is 4.64. The molecule has 2 saturated heterocycles. The fourth-order valence-electron chi connectivity index (χ4n) is 3.90. The summed E-state index contributed by atoms with van der Waals surface area (Å²) >= 11 is 8.02. The fraction of sp³-hybridized carbons (Fsp3) is 0.450. The predicted octanol–water partition coefficient (Wildman–Crippen LogP) is 3.39. The fourth-order valence-corrected chi connectivity index (χ4v) is 7.79. The normalized spacial score (nSPS) is 21.8. The van der Waals surface area contributed by atoms with Crippen molar-refractivity contribution in [3.8, 4) is 0 Å². The Hall–Kier alpha value is -1.12. The standard InChI is InChI=1S/C20H24ClN3O2S2/c1-14-7-19(15(2)6-18(14)21)28(25,26)24-12-20(13-24)8-17(11-27-20)23-10-16-4-3-5-22-9-16/h3-7,9,17,23H,8,10-13H2,1-2H3. The van der Waals surface area contributed by atoms with Crippen molar-refractivity contribution < 1.29 is 8.42 Å². The zero-order chi connectivity index (χ0) is 19.9. The number of hydrogen-bond acceptors (Lipinski definition) is 5. The Morgan fingerprint density at radius 3 is 2.82 bits per heavy atom. The maximum absolute atomic E-state index is 13.1. The summed E-state index contributed by atoms with van der Waals surface area (Å²) in [5, 5.41) is 4.19. The Labute approximate surface area is 175 Å². The van der Waals surface area contributed by atoms with Gasteiger partial charge in [0.05, 0.1) is 4.90 Å². The van der Waals surface area contributed by atoms with Gasteiger partial charge in [-0.25, -0.2) is 8.42 Å². The molecule has 1 aromatic carbocycles. The molecule has 0 aliphatic carbocycles. The van der Waals surface area contributed by atoms with Gasteiger partial charge in [0.1, 0.15) is 0 Å². The first-order valence-electron chi connectivity index (χ1n) is 9.32. The number of hydrogen-bond donors (Lipinski definition) is 1. The van der Waals surface area contributed by atoms with E-state index in [-0.39, 0.29) is 4.75 Å². The van der Waals surface area contributed by atoms with Crippen molar-refractivity contribution >= 4 is 33.4 Å². The summed E-state index contributed by atoms with van der Waals surface area (Å²) in [5.74, 6) is 1.01. The van der Waals surface area contributed by atoms with Crippen LogP contribution in [0, 0.1) is 13.8 Å². The number of halogens is 1. The number of rotatable bonds is 5. The van der Waals surface area contributed by atoms with E-state index < -0.39 is 10.0 Å². The molecule has 8 heteroatoms. The smallest absolute Gasteiger partial charge is 0.243 e. The minimum atomic E-state index is -3.48. The van der Waals surface area contributed by atoms with Crippen LogP contribution in [0.25, 0.3) is 0 Å². The summed E-state index contributed by atoms with van der Waals surface area (Å²) in [6, 6.07) is 7.83. The van der Waals surface area contributed by atoms with Gasteiger partial charge in [-0.3, -0.25) is 4.98 Å². The van der Waals surface area contributed by atoms with Gasteiger partial charge in [-0.05, 0) is 55.2 Å². The molecule has 1 unspecified atom stereocenters. The van der Waals surface area contributed by atoms with Crippen LogP contribution in [0.2, 0.25) is 5.02 Å². The minimum absolute atomic E-state index is 0.0368. The van der Waals surface area contributed by atoms with Crippen LogP contribution < -0.4 is 5.32 Å². The van der Waals surface area contributed by atoms with E-state index in [1.807, 2.05) is 30.9 Å². The lowest BCUT2D eigenvalue weighted by molar-refractivity contribution is 0.219. The van der Waals surface area contributed by atoms with Gasteiger partial charge in [-0.1, -0.05) is 17.7 Å². The third-order valence-electron chi connectivity index (χ3n) is 5.53. The SMILES string of the molecule is Cc1cc(S(=O)(=O)N2CC3(CC(NCc4cccnc4)CS3)C2)c(C)cc1Cl. The third-order valence-corrected chi connectivity index (χ3v) is 9.48. The zero-order valence-electron chi connectivity index (χ0n) is 16.0. The molecule has 5 nitrogen and oxygen atoms in total. The molecule has 3 heterocycles. The Morgan fingerprint density at radius 1 is 1.32 bits per heavy atom. The second-order valence-corrected chi connectivity index (χ2v) is 11.6. The van der Waals surface area contributed by atoms with Crippen LogP contribution in [0.3, 0.4) is 0 Å². The number of sulfonamides is 1. The van der Waals surface area contributed by atoms with E-state index >= 15 is 0 Å². The monoisotopic (exact) mass is 437 g/mol. The Balaban J connectivity index is 1.38. The zero-order valence-corrected chi connectivity index (χ0v) is 18.4. The van der Waals surface area contributed by atoms with Crippen molar-refractivity contribution in [3.05, 3.63) is 58.4 Å². The first-order valence-corrected chi connectivity index (χ1v) is 12.1. The second-order valence-electron chi connectivity index (χ2n) is 7.78. The van der Waals surface area contributed by atoms with Crippen LogP contribution in [0.4, 0.5) is 0 Å². The Morgan fingerprint density at radius 2 is 2.11 bits per heavy atom. The highest BCUT2D eigenvalue weighted by atomic mass is 35.5. The summed E-state index contributed by atoms with van der Waals surface area (Å²) in [5.41, 5.74) is 2.66. The number of aryl methyl sites for hydroxylation is 2. The van der Waals surface area contributed by atoms with Crippen LogP contribution in [0.15, 0.2) is 41.6 Å². The van der Waals surface area contributed by atoms with Crippen LogP contribution in [-0.2, 0) is 16.6 Å². The molecule has 0 bridgehead atoms. The molecule has 1 N–H and O–H groups in total. The summed E-state index contributed by atoms with van der Waals surface area (Å²) in [6.45, 7) is 5.58. The lowest BCUT2D eigenvalue weighted by Crippen LogP contribution is -2.60. The van der Waals surface area contributed by atoms with E-state index in [9.17, 15) is 8.42 Å². The Kier molecular flexibility index (Phi) is 5.48. The molecule has 2 aliphatic heterocycles. The van der Waals surface area contributed by atoms with E-state index in [1.54, 1.807) is 29.6 Å². The van der Waals surface area contributed by atoms with Crippen molar-refractivity contribution in [1.29, 1.82) is 0 Å². The van der Waals surface area contributed by atoms with Crippen molar-refractivity contribution in [1.82, 2.24) is 14.6 Å². The van der Waals surface area contributed by atoms with Crippen molar-refractivity contribution in [2.24, 2.45) is 0 Å². The van der Waals surface area contributed by atoms with Crippen LogP contribution in [0.1, 0.15) is 23.1 Å². The van der Waals surface area contributed by atoms with Gasteiger partial charge in [-0.15, -0.1) is 0 Å². The van der Waals surface area contributed by atoms with Crippen LogP contribution >= 0.6 is 23.4 Å². The molecular formula is C20H24ClN3O2S2. The second kappa shape index (κ2) is 7.61. The molecule has 1 aromatic heterocycles. The van der Waals surface area contributed by atoms with Gasteiger partial charge < -0.3 is 5.32 Å². The summed E-state index contributed by atoms with van der Waals surface area (Å²) in [7, 11) is -3.48. The molecule has 2 aromatic rings. The molecule has 1 spiro atoms. The average Bonchev–Trinajstić information content (AvgIpc) is 3.07. The maximum Gasteiger partial charge on any atom is 0.243 e. The lowest BCUT2D eigenvalue weighted by Gasteiger charge is -2.46. The van der Waals surface area contributed by atoms with Crippen LogP contribution in [-0.4, -0.2) is 47.3 Å². The highest BCUT2D eigenvalue weighted by Crippen LogP contribution is 2.47. The lowest BCUT2D eigenvalue weighted by atomic mass is 9.94.